The molecule has 0 aliphatic heterocycles. The number of hydrogen-bond donors (Lipinski definition) is 0. The van der Waals surface area contributed by atoms with Crippen molar-refractivity contribution in [3.8, 4) is 11.4 Å². The van der Waals surface area contributed by atoms with E-state index in [-0.39, 0.29) is 29.3 Å². The van der Waals surface area contributed by atoms with E-state index in [0.29, 0.717) is 23.1 Å². The van der Waals surface area contributed by atoms with Crippen molar-refractivity contribution in [2.24, 2.45) is 0 Å². The van der Waals surface area contributed by atoms with Crippen LogP contribution in [0.3, 0.4) is 0 Å². The smallest absolute Gasteiger partial charge is 0.233 e. The minimum atomic E-state index is -0.339. The van der Waals surface area contributed by atoms with Gasteiger partial charge in [-0.05, 0) is 42.7 Å². The first-order valence-corrected chi connectivity index (χ1v) is 10.3. The molecule has 5 nitrogen and oxygen atoms in total. The molecule has 0 bridgehead atoms. The summed E-state index contributed by atoms with van der Waals surface area (Å²) in [4.78, 5) is 14.1. The minimum absolute atomic E-state index is 0.0721. The van der Waals surface area contributed by atoms with Gasteiger partial charge in [-0.25, -0.2) is 8.78 Å². The molecule has 1 heterocycles. The molecule has 1 aliphatic rings. The summed E-state index contributed by atoms with van der Waals surface area (Å²) in [7, 11) is 1.71. The predicted molar refractivity (Wildman–Crippen MR) is 107 cm³/mol. The number of hydrogen-bond acceptors (Lipinski definition) is 4. The lowest BCUT2D eigenvalue weighted by atomic mass is 10.2. The molecule has 2 aromatic carbocycles. The van der Waals surface area contributed by atoms with Crippen molar-refractivity contribution in [2.45, 2.75) is 30.6 Å². The second-order valence-electron chi connectivity index (χ2n) is 7.05. The zero-order valence-corrected chi connectivity index (χ0v) is 16.7. The standard InChI is InChI=1S/C21H20F2N4OS/c1-26(12-14-6-8-15(22)9-7-14)19(28)13-29-21-25-24-20(27(21)16-10-11-16)17-4-2-3-5-18(17)23/h2-9,16H,10-13H2,1H3. The van der Waals surface area contributed by atoms with E-state index in [1.807, 2.05) is 4.57 Å². The van der Waals surface area contributed by atoms with E-state index in [2.05, 4.69) is 10.2 Å². The van der Waals surface area contributed by atoms with Gasteiger partial charge in [-0.2, -0.15) is 0 Å². The van der Waals surface area contributed by atoms with Gasteiger partial charge in [0.25, 0.3) is 0 Å². The molecule has 0 radical (unpaired) electrons. The first kappa shape index (κ1) is 19.6. The zero-order valence-electron chi connectivity index (χ0n) is 15.9. The number of nitrogens with zero attached hydrogens (tertiary/aromatic N) is 4. The van der Waals surface area contributed by atoms with E-state index in [1.165, 1.54) is 30.0 Å². The Morgan fingerprint density at radius 1 is 1.14 bits per heavy atom. The third-order valence-electron chi connectivity index (χ3n) is 4.77. The molecule has 0 N–H and O–H groups in total. The number of amides is 1. The lowest BCUT2D eigenvalue weighted by molar-refractivity contribution is -0.127. The van der Waals surface area contributed by atoms with Gasteiger partial charge in [-0.15, -0.1) is 10.2 Å². The maximum Gasteiger partial charge on any atom is 0.233 e. The fourth-order valence-corrected chi connectivity index (χ4v) is 4.00. The lowest BCUT2D eigenvalue weighted by Gasteiger charge is -2.17. The maximum atomic E-state index is 14.2. The summed E-state index contributed by atoms with van der Waals surface area (Å²) >= 11 is 1.30. The molecule has 3 aromatic rings. The Kier molecular flexibility index (Phi) is 5.62. The Morgan fingerprint density at radius 3 is 2.55 bits per heavy atom. The van der Waals surface area contributed by atoms with Crippen molar-refractivity contribution in [3.63, 3.8) is 0 Å². The minimum Gasteiger partial charge on any atom is -0.341 e. The van der Waals surface area contributed by atoms with E-state index in [9.17, 15) is 13.6 Å². The average molecular weight is 414 g/mol. The molecule has 1 aliphatic carbocycles. The Hall–Kier alpha value is -2.74. The molecule has 0 spiro atoms. The highest BCUT2D eigenvalue weighted by Crippen LogP contribution is 2.41. The van der Waals surface area contributed by atoms with Gasteiger partial charge in [-0.1, -0.05) is 36.0 Å². The molecule has 1 saturated carbocycles. The Balaban J connectivity index is 1.45. The highest BCUT2D eigenvalue weighted by atomic mass is 32.2. The van der Waals surface area contributed by atoms with Crippen molar-refractivity contribution in [1.82, 2.24) is 19.7 Å². The second kappa shape index (κ2) is 8.32. The summed E-state index contributed by atoms with van der Waals surface area (Å²) in [6.45, 7) is 0.398. The third-order valence-corrected chi connectivity index (χ3v) is 5.70. The second-order valence-corrected chi connectivity index (χ2v) is 7.99. The van der Waals surface area contributed by atoms with E-state index >= 15 is 0 Å². The first-order valence-electron chi connectivity index (χ1n) is 9.34. The van der Waals surface area contributed by atoms with E-state index in [0.717, 1.165) is 18.4 Å². The number of halogens is 2. The molecule has 0 unspecified atom stereocenters. The van der Waals surface area contributed by atoms with Crippen LogP contribution in [0.2, 0.25) is 0 Å². The molecule has 1 fully saturated rings. The van der Waals surface area contributed by atoms with Crippen LogP contribution in [-0.4, -0.2) is 38.4 Å². The zero-order chi connectivity index (χ0) is 20.4. The van der Waals surface area contributed by atoms with Gasteiger partial charge >= 0.3 is 0 Å². The van der Waals surface area contributed by atoms with Crippen LogP contribution in [0.5, 0.6) is 0 Å². The van der Waals surface area contributed by atoms with Crippen LogP contribution in [0, 0.1) is 11.6 Å². The molecule has 0 atom stereocenters. The number of rotatable bonds is 7. The number of carbonyl (C=O) groups excluding carboxylic acids is 1. The fraction of sp³-hybridized carbons (Fsp3) is 0.286. The van der Waals surface area contributed by atoms with E-state index < -0.39 is 0 Å². The largest absolute Gasteiger partial charge is 0.341 e. The van der Waals surface area contributed by atoms with Crippen LogP contribution in [-0.2, 0) is 11.3 Å². The predicted octanol–water partition coefficient (Wildman–Crippen LogP) is 4.31. The van der Waals surface area contributed by atoms with Crippen molar-refractivity contribution < 1.29 is 13.6 Å². The van der Waals surface area contributed by atoms with Crippen LogP contribution < -0.4 is 0 Å². The average Bonchev–Trinajstić information content (AvgIpc) is 3.47. The van der Waals surface area contributed by atoms with Gasteiger partial charge in [0.05, 0.1) is 11.3 Å². The van der Waals surface area contributed by atoms with Gasteiger partial charge in [0, 0.05) is 19.6 Å². The fourth-order valence-electron chi connectivity index (χ4n) is 3.05. The summed E-state index contributed by atoms with van der Waals surface area (Å²) in [5.74, 6) is -0.0195. The number of carbonyl (C=O) groups is 1. The van der Waals surface area contributed by atoms with Gasteiger partial charge in [0.15, 0.2) is 11.0 Å². The summed E-state index contributed by atoms with van der Waals surface area (Å²) in [5, 5.41) is 9.04. The number of benzene rings is 2. The molecule has 29 heavy (non-hydrogen) atoms. The molecule has 1 amide bonds. The monoisotopic (exact) mass is 414 g/mol. The maximum absolute atomic E-state index is 14.2. The van der Waals surface area contributed by atoms with Crippen molar-refractivity contribution in [1.29, 1.82) is 0 Å². The van der Waals surface area contributed by atoms with Gasteiger partial charge in [0.2, 0.25) is 5.91 Å². The van der Waals surface area contributed by atoms with Crippen LogP contribution in [0.15, 0.2) is 53.7 Å². The number of aromatic nitrogens is 3. The summed E-state index contributed by atoms with van der Waals surface area (Å²) < 4.78 is 29.2. The van der Waals surface area contributed by atoms with Gasteiger partial charge in [0.1, 0.15) is 11.6 Å². The van der Waals surface area contributed by atoms with Crippen LogP contribution in [0.4, 0.5) is 8.78 Å². The van der Waals surface area contributed by atoms with Gasteiger partial charge in [-0.3, -0.25) is 9.36 Å². The molecule has 4 rings (SSSR count). The summed E-state index contributed by atoms with van der Waals surface area (Å²) in [6, 6.07) is 12.8. The van der Waals surface area contributed by atoms with Crippen molar-refractivity contribution in [3.05, 3.63) is 65.7 Å². The molecular formula is C21H20F2N4OS. The van der Waals surface area contributed by atoms with Crippen molar-refractivity contribution in [2.75, 3.05) is 12.8 Å². The van der Waals surface area contributed by atoms with Crippen LogP contribution in [0.25, 0.3) is 11.4 Å². The van der Waals surface area contributed by atoms with Crippen LogP contribution in [0.1, 0.15) is 24.4 Å². The topological polar surface area (TPSA) is 51.0 Å². The third kappa shape index (κ3) is 4.48. The van der Waals surface area contributed by atoms with E-state index in [4.69, 9.17) is 0 Å². The SMILES string of the molecule is CN(Cc1ccc(F)cc1)C(=O)CSc1nnc(-c2ccccc2F)n1C1CC1. The highest BCUT2D eigenvalue weighted by molar-refractivity contribution is 7.99. The number of thioether (sulfide) groups is 1. The highest BCUT2D eigenvalue weighted by Gasteiger charge is 2.31. The normalized spacial score (nSPS) is 13.5. The molecule has 0 saturated heterocycles. The quantitative estimate of drug-likeness (QED) is 0.541. The van der Waals surface area contributed by atoms with Crippen LogP contribution >= 0.6 is 11.8 Å². The molecule has 1 aromatic heterocycles. The Bertz CT molecular complexity index is 1020. The summed E-state index contributed by atoms with van der Waals surface area (Å²) in [5.41, 5.74) is 1.27. The van der Waals surface area contributed by atoms with Crippen molar-refractivity contribution >= 4 is 17.7 Å². The first-order chi connectivity index (χ1) is 14.0. The Labute approximate surface area is 171 Å². The Morgan fingerprint density at radius 2 is 1.86 bits per heavy atom. The summed E-state index contributed by atoms with van der Waals surface area (Å²) in [6.07, 6.45) is 1.98. The lowest BCUT2D eigenvalue weighted by Crippen LogP contribution is -2.27. The molecule has 8 heteroatoms. The molecule has 150 valence electrons. The molecular weight excluding hydrogens is 394 g/mol. The van der Waals surface area contributed by atoms with Gasteiger partial charge < -0.3 is 4.90 Å². The van der Waals surface area contributed by atoms with E-state index in [1.54, 1.807) is 42.3 Å².